The van der Waals surface area contributed by atoms with E-state index in [-0.39, 0.29) is 5.92 Å². The third-order valence-electron chi connectivity index (χ3n) is 5.17. The number of benzene rings is 1. The molecule has 7 nitrogen and oxygen atoms in total. The Morgan fingerprint density at radius 2 is 2.00 bits per heavy atom. The van der Waals surface area contributed by atoms with Crippen LogP contribution in [0, 0.1) is 5.92 Å². The Labute approximate surface area is 195 Å². The van der Waals surface area contributed by atoms with E-state index in [9.17, 15) is 5.11 Å². The molecule has 0 aliphatic carbocycles. The van der Waals surface area contributed by atoms with E-state index in [2.05, 4.69) is 27.5 Å². The largest absolute Gasteiger partial charge is 0.392 e. The van der Waals surface area contributed by atoms with Crippen LogP contribution in [-0.4, -0.2) is 59.8 Å². The van der Waals surface area contributed by atoms with Gasteiger partial charge in [0, 0.05) is 22.4 Å². The molecule has 2 unspecified atom stereocenters. The Morgan fingerprint density at radius 1 is 1.29 bits per heavy atom. The first-order chi connectivity index (χ1) is 14.7. The number of aliphatic hydroxyl groups excluding tert-OH is 1. The summed E-state index contributed by atoms with van der Waals surface area (Å²) in [6.45, 7) is 8.19. The molecular weight excluding hydrogens is 450 g/mol. The maximum absolute atomic E-state index is 9.81. The molecule has 0 amide bonds. The van der Waals surface area contributed by atoms with Gasteiger partial charge in [0.15, 0.2) is 5.16 Å². The molecule has 0 saturated carbocycles. The Balaban J connectivity index is 2.27. The maximum atomic E-state index is 9.81. The van der Waals surface area contributed by atoms with Crippen molar-refractivity contribution in [3.8, 4) is 11.3 Å². The molecule has 2 N–H and O–H groups in total. The topological polar surface area (TPSA) is 85.1 Å². The van der Waals surface area contributed by atoms with Gasteiger partial charge in [0.25, 0.3) is 0 Å². The fraction of sp³-hybridized carbons (Fsp3) is 0.476. The van der Waals surface area contributed by atoms with Crippen molar-refractivity contribution in [3.05, 3.63) is 29.3 Å². The molecule has 165 valence electrons. The molecule has 3 radical (unpaired) electrons. The van der Waals surface area contributed by atoms with Gasteiger partial charge in [0.1, 0.15) is 17.1 Å². The second-order valence-electron chi connectivity index (χ2n) is 7.99. The fourth-order valence-electron chi connectivity index (χ4n) is 2.90. The highest BCUT2D eigenvalue weighted by molar-refractivity contribution is 7.98. The molecule has 0 fully saturated rings. The van der Waals surface area contributed by atoms with E-state index in [1.54, 1.807) is 6.92 Å². The monoisotopic (exact) mass is 476 g/mol. The van der Waals surface area contributed by atoms with Gasteiger partial charge in [-0.15, -0.1) is 5.10 Å². The van der Waals surface area contributed by atoms with Crippen LogP contribution in [0.3, 0.4) is 0 Å². The van der Waals surface area contributed by atoms with Crippen LogP contribution in [0.1, 0.15) is 27.7 Å². The van der Waals surface area contributed by atoms with Gasteiger partial charge in [-0.05, 0) is 39.0 Å². The summed E-state index contributed by atoms with van der Waals surface area (Å²) in [5.41, 5.74) is 1.39. The van der Waals surface area contributed by atoms with E-state index < -0.39 is 11.7 Å². The highest BCUT2D eigenvalue weighted by Gasteiger charge is 2.30. The highest BCUT2D eigenvalue weighted by atomic mass is 35.5. The summed E-state index contributed by atoms with van der Waals surface area (Å²) in [5, 5.41) is 19.6. The number of aliphatic hydroxyl groups is 1. The van der Waals surface area contributed by atoms with Gasteiger partial charge in [-0.1, -0.05) is 59.4 Å². The van der Waals surface area contributed by atoms with Crippen LogP contribution in [0.2, 0.25) is 11.1 Å². The van der Waals surface area contributed by atoms with Gasteiger partial charge in [-0.2, -0.15) is 4.98 Å². The minimum Gasteiger partial charge on any atom is -0.392 e. The van der Waals surface area contributed by atoms with Gasteiger partial charge in [0.2, 0.25) is 5.65 Å². The normalized spacial score (nSPS) is 13.9. The predicted octanol–water partition coefficient (Wildman–Crippen LogP) is 4.09. The van der Waals surface area contributed by atoms with Crippen LogP contribution in [0.5, 0.6) is 0 Å². The van der Waals surface area contributed by atoms with Crippen molar-refractivity contribution in [1.82, 2.24) is 19.9 Å². The molecule has 0 aliphatic rings. The second-order valence-corrected chi connectivity index (χ2v) is 9.58. The molecule has 0 aliphatic heterocycles. The molecule has 2 aromatic heterocycles. The van der Waals surface area contributed by atoms with Gasteiger partial charge < -0.3 is 15.3 Å². The van der Waals surface area contributed by atoms with Crippen LogP contribution in [-0.2, 0) is 0 Å². The Kier molecular flexibility index (Phi) is 7.51. The fourth-order valence-corrected chi connectivity index (χ4v) is 3.98. The first kappa shape index (κ1) is 23.8. The lowest BCUT2D eigenvalue weighted by molar-refractivity contribution is -0.0685. The Morgan fingerprint density at radius 3 is 2.61 bits per heavy atom. The van der Waals surface area contributed by atoms with Gasteiger partial charge in [0.05, 0.1) is 16.5 Å². The lowest BCUT2D eigenvalue weighted by atomic mass is 9.95. The SMILES string of the molecule is CSc1nc(NCC(C)O)c2c(-c3ccccc3Cl)nn(OC(C)(C)C(C)C[Si])c2n1. The third kappa shape index (κ3) is 5.16. The number of nitrogens with one attached hydrogen (secondary N) is 1. The van der Waals surface area contributed by atoms with E-state index in [0.29, 0.717) is 39.3 Å². The van der Waals surface area contributed by atoms with Crippen LogP contribution in [0.15, 0.2) is 29.4 Å². The third-order valence-corrected chi connectivity index (χ3v) is 6.66. The standard InChI is InChI=1S/C21H27ClN5O2SSi/c1-12(11-31)21(3,4)29-27-19-16(17(26-27)14-8-6-7-9-15(14)22)18(23-10-13(2)28)24-20(25-19)30-5/h6-9,12-13,28H,10-11H2,1-5H3,(H,23,24,25). The second kappa shape index (κ2) is 9.77. The predicted molar refractivity (Wildman–Crippen MR) is 128 cm³/mol. The molecule has 0 spiro atoms. The molecule has 3 rings (SSSR count). The van der Waals surface area contributed by atoms with Gasteiger partial charge in [-0.25, -0.2) is 4.98 Å². The van der Waals surface area contributed by atoms with Crippen molar-refractivity contribution in [2.75, 3.05) is 18.1 Å². The number of rotatable bonds is 9. The lowest BCUT2D eigenvalue weighted by Gasteiger charge is -2.30. The van der Waals surface area contributed by atoms with Crippen molar-refractivity contribution >= 4 is 50.5 Å². The number of nitrogens with zero attached hydrogens (tertiary/aromatic N) is 4. The van der Waals surface area contributed by atoms with E-state index in [1.807, 2.05) is 44.4 Å². The molecule has 1 aromatic carbocycles. The number of hydrogen-bond acceptors (Lipinski definition) is 7. The number of aromatic nitrogens is 4. The summed E-state index contributed by atoms with van der Waals surface area (Å²) in [7, 11) is 3.60. The van der Waals surface area contributed by atoms with Crippen molar-refractivity contribution in [2.45, 2.75) is 50.6 Å². The molecule has 0 saturated heterocycles. The zero-order valence-corrected chi connectivity index (χ0v) is 20.9. The Bertz CT molecular complexity index is 1060. The molecule has 31 heavy (non-hydrogen) atoms. The summed E-state index contributed by atoms with van der Waals surface area (Å²) < 4.78 is 0. The zero-order chi connectivity index (χ0) is 22.8. The number of fused-ring (bicyclic) bond motifs is 1. The lowest BCUT2D eigenvalue weighted by Crippen LogP contribution is -2.41. The van der Waals surface area contributed by atoms with Crippen LogP contribution in [0.4, 0.5) is 5.82 Å². The molecule has 2 atom stereocenters. The van der Waals surface area contributed by atoms with Gasteiger partial charge in [-0.3, -0.25) is 0 Å². The average molecular weight is 477 g/mol. The van der Waals surface area contributed by atoms with Crippen LogP contribution in [0.25, 0.3) is 22.3 Å². The summed E-state index contributed by atoms with van der Waals surface area (Å²) in [6, 6.07) is 8.27. The van der Waals surface area contributed by atoms with E-state index in [1.165, 1.54) is 16.6 Å². The molecule has 3 aromatic rings. The van der Waals surface area contributed by atoms with Crippen molar-refractivity contribution in [2.24, 2.45) is 5.92 Å². The van der Waals surface area contributed by atoms with E-state index in [4.69, 9.17) is 26.5 Å². The minimum absolute atomic E-state index is 0.210. The highest BCUT2D eigenvalue weighted by Crippen LogP contribution is 2.36. The van der Waals surface area contributed by atoms with Crippen molar-refractivity contribution < 1.29 is 9.94 Å². The quantitative estimate of drug-likeness (QED) is 0.273. The zero-order valence-electron chi connectivity index (χ0n) is 18.3. The van der Waals surface area contributed by atoms with Crippen LogP contribution >= 0.6 is 23.4 Å². The van der Waals surface area contributed by atoms with E-state index in [0.717, 1.165) is 11.6 Å². The number of thioether (sulfide) groups is 1. The maximum Gasteiger partial charge on any atom is 0.205 e. The number of anilines is 1. The van der Waals surface area contributed by atoms with E-state index >= 15 is 0 Å². The number of hydrogen-bond donors (Lipinski definition) is 2. The molecule has 10 heteroatoms. The Hall–Kier alpha value is -1.81. The van der Waals surface area contributed by atoms with Crippen molar-refractivity contribution in [1.29, 1.82) is 0 Å². The number of halogens is 1. The average Bonchev–Trinajstić information content (AvgIpc) is 3.09. The van der Waals surface area contributed by atoms with Crippen LogP contribution < -0.4 is 10.2 Å². The molecule has 2 heterocycles. The first-order valence-corrected chi connectivity index (χ1v) is 12.3. The summed E-state index contributed by atoms with van der Waals surface area (Å²) in [6.07, 6.45) is 1.36. The summed E-state index contributed by atoms with van der Waals surface area (Å²) in [4.78, 5) is 17.2. The summed E-state index contributed by atoms with van der Waals surface area (Å²) in [5.74, 6) is 0.785. The smallest absolute Gasteiger partial charge is 0.205 e. The molecule has 0 bridgehead atoms. The van der Waals surface area contributed by atoms with Gasteiger partial charge >= 0.3 is 0 Å². The van der Waals surface area contributed by atoms with Crippen molar-refractivity contribution in [3.63, 3.8) is 0 Å². The summed E-state index contributed by atoms with van der Waals surface area (Å²) >= 11 is 7.93. The minimum atomic E-state index is -0.545. The molecular formula is C21H27ClN5O2SSi. The first-order valence-electron chi connectivity index (χ1n) is 10.0.